The van der Waals surface area contributed by atoms with E-state index in [2.05, 4.69) is 60.9 Å². The van der Waals surface area contributed by atoms with Gasteiger partial charge >= 0.3 is 64.2 Å². The SMILES string of the molecule is CC.[CH2-]N1[CH-]CN(CC)CCN(C(CCC(=O)C(C)C)C(=O)O)CCN(CC)CC1(C)C.[Rb+]. The van der Waals surface area contributed by atoms with Gasteiger partial charge in [-0.1, -0.05) is 55.4 Å². The number of carbonyl (C=O) groups excluding carboxylic acids is 1. The van der Waals surface area contributed by atoms with Gasteiger partial charge in [-0.15, -0.1) is 6.54 Å². The Balaban J connectivity index is 0. The van der Waals surface area contributed by atoms with Gasteiger partial charge in [-0.2, -0.15) is 0 Å². The molecule has 7 nitrogen and oxygen atoms in total. The van der Waals surface area contributed by atoms with Gasteiger partial charge in [-0.3, -0.25) is 21.0 Å². The number of hydrogen-bond donors (Lipinski definition) is 1. The number of aliphatic carboxylic acids is 1. The van der Waals surface area contributed by atoms with E-state index in [1.165, 1.54) is 0 Å². The second-order valence-corrected chi connectivity index (χ2v) is 9.28. The molecule has 1 heterocycles. The average Bonchev–Trinajstić information content (AvgIpc) is 2.75. The molecule has 0 radical (unpaired) electrons. The third kappa shape index (κ3) is 13.6. The normalized spacial score (nSPS) is 20.5. The number of nitrogens with zero attached hydrogens (tertiary/aromatic N) is 4. The molecule has 1 aliphatic rings. The summed E-state index contributed by atoms with van der Waals surface area (Å²) >= 11 is 0. The number of carbonyl (C=O) groups is 2. The first-order valence-electron chi connectivity index (χ1n) is 12.4. The first kappa shape index (κ1) is 35.9. The van der Waals surface area contributed by atoms with E-state index in [1.54, 1.807) is 0 Å². The van der Waals surface area contributed by atoms with Crippen molar-refractivity contribution in [3.8, 4) is 0 Å². The van der Waals surface area contributed by atoms with Crippen molar-refractivity contribution in [3.63, 3.8) is 0 Å². The molecule has 1 unspecified atom stereocenters. The quantitative estimate of drug-likeness (QED) is 0.450. The van der Waals surface area contributed by atoms with Gasteiger partial charge < -0.3 is 26.9 Å². The molecule has 0 aromatic heterocycles. The Bertz CT molecular complexity index is 546. The van der Waals surface area contributed by atoms with Crippen LogP contribution < -0.4 is 58.2 Å². The number of carboxylic acid groups (broad SMARTS) is 1. The monoisotopic (exact) mass is 539 g/mol. The van der Waals surface area contributed by atoms with E-state index in [0.29, 0.717) is 25.9 Å². The zero-order valence-corrected chi connectivity index (χ0v) is 28.0. The average molecular weight is 540 g/mol. The van der Waals surface area contributed by atoms with Crippen LogP contribution in [-0.2, 0) is 9.59 Å². The van der Waals surface area contributed by atoms with Crippen LogP contribution in [0.25, 0.3) is 0 Å². The fourth-order valence-electron chi connectivity index (χ4n) is 3.82. The van der Waals surface area contributed by atoms with Crippen LogP contribution in [0.2, 0.25) is 0 Å². The van der Waals surface area contributed by atoms with Gasteiger partial charge in [-0.05, 0) is 25.0 Å². The molecule has 33 heavy (non-hydrogen) atoms. The molecule has 0 saturated carbocycles. The molecule has 1 atom stereocenters. The number of ketones is 1. The standard InChI is InChI=1S/C23H44N4O3.C2H6.Rb/c1-8-25-13-12-24(7)23(5,6)18-26(9-2)15-17-27(16-14-25)20(22(29)30)10-11-21(28)19(3)4;1-2;/h12,19-20H,7-11,13-18H2,1-6H3,(H,29,30);1-2H3;/q-2;;+1. The summed E-state index contributed by atoms with van der Waals surface area (Å²) in [6.07, 6.45) is 0.687. The number of Topliss-reactive ketones (excluding diaryl/α,β-unsaturated/α-hetero) is 1. The van der Waals surface area contributed by atoms with E-state index in [9.17, 15) is 14.7 Å². The van der Waals surface area contributed by atoms with Crippen LogP contribution in [0.3, 0.4) is 0 Å². The second-order valence-electron chi connectivity index (χ2n) is 9.28. The fraction of sp³-hybridized carbons (Fsp3) is 0.840. The summed E-state index contributed by atoms with van der Waals surface area (Å²) in [7, 11) is 4.24. The minimum Gasteiger partial charge on any atom is -0.601 e. The molecule has 1 rings (SSSR count). The molecule has 0 bridgehead atoms. The molecule has 0 aromatic carbocycles. The Morgan fingerprint density at radius 1 is 1.03 bits per heavy atom. The molecule has 190 valence electrons. The van der Waals surface area contributed by atoms with E-state index in [1.807, 2.05) is 27.7 Å². The Kier molecular flexibility index (Phi) is 20.7. The maximum Gasteiger partial charge on any atom is 1.00 e. The molecule has 0 spiro atoms. The summed E-state index contributed by atoms with van der Waals surface area (Å²) < 4.78 is 0. The van der Waals surface area contributed by atoms with Crippen molar-refractivity contribution < 1.29 is 72.9 Å². The molecule has 0 aliphatic carbocycles. The Hall–Kier alpha value is 0.785. The van der Waals surface area contributed by atoms with E-state index < -0.39 is 12.0 Å². The maximum atomic E-state index is 12.1. The first-order valence-corrected chi connectivity index (χ1v) is 12.4. The summed E-state index contributed by atoms with van der Waals surface area (Å²) in [4.78, 5) is 33.0. The van der Waals surface area contributed by atoms with Crippen molar-refractivity contribution in [2.45, 2.75) is 79.8 Å². The smallest absolute Gasteiger partial charge is 0.601 e. The molecular formula is C25H50N4O3Rb-. The number of hydrogen-bond acceptors (Lipinski definition) is 6. The van der Waals surface area contributed by atoms with Crippen molar-refractivity contribution in [1.29, 1.82) is 0 Å². The summed E-state index contributed by atoms with van der Waals surface area (Å²) in [6, 6.07) is -0.630. The van der Waals surface area contributed by atoms with Gasteiger partial charge in [0.25, 0.3) is 0 Å². The predicted octanol–water partition coefficient (Wildman–Crippen LogP) is 0.468. The van der Waals surface area contributed by atoms with Crippen LogP contribution in [0.5, 0.6) is 0 Å². The largest absolute Gasteiger partial charge is 1.00 e. The van der Waals surface area contributed by atoms with Crippen LogP contribution in [0.1, 0.15) is 68.2 Å². The van der Waals surface area contributed by atoms with Gasteiger partial charge in [-0.25, -0.2) is 0 Å². The van der Waals surface area contributed by atoms with Gasteiger partial charge in [0.15, 0.2) is 0 Å². The summed E-state index contributed by atoms with van der Waals surface area (Å²) in [5, 5.41) is 9.93. The Morgan fingerprint density at radius 3 is 2.00 bits per heavy atom. The first-order chi connectivity index (χ1) is 15.0. The topological polar surface area (TPSA) is 67.3 Å². The number of likely N-dealkylation sites (N-methyl/N-ethyl adjacent to an activating group) is 2. The second kappa shape index (κ2) is 19.0. The Morgan fingerprint density at radius 2 is 1.55 bits per heavy atom. The minimum atomic E-state index is -0.833. The van der Waals surface area contributed by atoms with E-state index >= 15 is 0 Å². The van der Waals surface area contributed by atoms with Crippen LogP contribution in [0.4, 0.5) is 0 Å². The Labute approximate surface area is 253 Å². The van der Waals surface area contributed by atoms with E-state index in [4.69, 9.17) is 0 Å². The third-order valence-corrected chi connectivity index (χ3v) is 6.28. The molecule has 1 saturated heterocycles. The molecule has 0 aromatic rings. The van der Waals surface area contributed by atoms with Gasteiger partial charge in [0, 0.05) is 45.1 Å². The molecule has 1 N–H and O–H groups in total. The van der Waals surface area contributed by atoms with Gasteiger partial charge in [0.05, 0.1) is 0 Å². The molecule has 0 amide bonds. The number of rotatable bonds is 8. The van der Waals surface area contributed by atoms with Crippen molar-refractivity contribution >= 4 is 11.8 Å². The predicted molar refractivity (Wildman–Crippen MR) is 133 cm³/mol. The summed E-state index contributed by atoms with van der Waals surface area (Å²) in [5.41, 5.74) is -0.116. The van der Waals surface area contributed by atoms with Crippen LogP contribution in [0, 0.1) is 19.5 Å². The molecule has 8 heteroatoms. The summed E-state index contributed by atoms with van der Waals surface area (Å²) in [6.45, 7) is 24.9. The molecule has 1 fully saturated rings. The van der Waals surface area contributed by atoms with Crippen LogP contribution in [0.15, 0.2) is 0 Å². The molecular weight excluding hydrogens is 490 g/mol. The van der Waals surface area contributed by atoms with E-state index in [-0.39, 0.29) is 75.4 Å². The van der Waals surface area contributed by atoms with Crippen LogP contribution >= 0.6 is 0 Å². The van der Waals surface area contributed by atoms with Crippen molar-refractivity contribution in [2.75, 3.05) is 52.4 Å². The van der Waals surface area contributed by atoms with Crippen molar-refractivity contribution in [2.24, 2.45) is 5.92 Å². The number of carboxylic acids is 1. The third-order valence-electron chi connectivity index (χ3n) is 6.28. The van der Waals surface area contributed by atoms with E-state index in [0.717, 1.165) is 39.3 Å². The zero-order valence-electron chi connectivity index (χ0n) is 23.1. The maximum absolute atomic E-state index is 12.1. The van der Waals surface area contributed by atoms with Crippen molar-refractivity contribution in [1.82, 2.24) is 19.6 Å². The summed E-state index contributed by atoms with van der Waals surface area (Å²) in [5.74, 6) is -0.756. The minimum absolute atomic E-state index is 0. The molecule has 1 aliphatic heterocycles. The van der Waals surface area contributed by atoms with Gasteiger partial charge in [0.1, 0.15) is 11.8 Å². The van der Waals surface area contributed by atoms with Crippen molar-refractivity contribution in [3.05, 3.63) is 13.6 Å². The van der Waals surface area contributed by atoms with Crippen LogP contribution in [-0.4, -0.2) is 100 Å². The fourth-order valence-corrected chi connectivity index (χ4v) is 3.82. The van der Waals surface area contributed by atoms with Gasteiger partial charge in [0.2, 0.25) is 0 Å². The zero-order chi connectivity index (χ0) is 24.9.